The minimum atomic E-state index is -0.443. The van der Waals surface area contributed by atoms with Crippen molar-refractivity contribution in [2.75, 3.05) is 19.6 Å². The van der Waals surface area contributed by atoms with Crippen molar-refractivity contribution in [1.29, 1.82) is 0 Å². The zero-order chi connectivity index (χ0) is 15.0. The molecule has 0 saturated carbocycles. The third-order valence-corrected chi connectivity index (χ3v) is 4.01. The molecule has 7 nitrogen and oxygen atoms in total. The lowest BCUT2D eigenvalue weighted by Gasteiger charge is -2.15. The normalized spacial score (nSPS) is 21.0. The number of likely N-dealkylation sites (tertiary alicyclic amines) is 1. The van der Waals surface area contributed by atoms with Gasteiger partial charge in [0.05, 0.1) is 12.6 Å². The minimum Gasteiger partial charge on any atom is -0.393 e. The summed E-state index contributed by atoms with van der Waals surface area (Å²) in [7, 11) is 0. The van der Waals surface area contributed by atoms with Gasteiger partial charge in [0.2, 0.25) is 0 Å². The van der Waals surface area contributed by atoms with Crippen LogP contribution in [0.15, 0.2) is 29.2 Å². The Balaban J connectivity index is 1.76. The van der Waals surface area contributed by atoms with E-state index in [2.05, 4.69) is 5.10 Å². The summed E-state index contributed by atoms with van der Waals surface area (Å²) in [6, 6.07) is 5.17. The maximum Gasteiger partial charge on any atom is 0.357 e. The Kier molecular flexibility index (Phi) is 3.60. The van der Waals surface area contributed by atoms with Crippen LogP contribution in [-0.4, -0.2) is 55.8 Å². The number of fused-ring (bicyclic) bond motifs is 1. The molecule has 2 aromatic heterocycles. The third kappa shape index (κ3) is 2.62. The second-order valence-electron chi connectivity index (χ2n) is 5.54. The smallest absolute Gasteiger partial charge is 0.357 e. The van der Waals surface area contributed by atoms with Gasteiger partial charge in [0, 0.05) is 12.7 Å². The molecule has 0 aliphatic carbocycles. The van der Waals surface area contributed by atoms with E-state index in [4.69, 9.17) is 0 Å². The summed E-state index contributed by atoms with van der Waals surface area (Å²) in [5.41, 5.74) is 0.0148. The van der Waals surface area contributed by atoms with Crippen molar-refractivity contribution in [2.24, 2.45) is 5.92 Å². The number of hydrogen-bond acceptors (Lipinski definition) is 5. The molecule has 3 heterocycles. The summed E-state index contributed by atoms with van der Waals surface area (Å²) in [4.78, 5) is 26.3. The lowest BCUT2D eigenvalue weighted by Crippen LogP contribution is -2.37. The lowest BCUT2D eigenvalue weighted by molar-refractivity contribution is 0.0826. The molecule has 3 rings (SSSR count). The Morgan fingerprint density at radius 3 is 3.00 bits per heavy atom. The van der Waals surface area contributed by atoms with Crippen molar-refractivity contribution >= 4 is 11.6 Å². The molecule has 2 unspecified atom stereocenters. The summed E-state index contributed by atoms with van der Waals surface area (Å²) in [6.07, 6.45) is 2.08. The first-order valence-electron chi connectivity index (χ1n) is 7.06. The number of rotatable bonds is 3. The van der Waals surface area contributed by atoms with Crippen molar-refractivity contribution in [1.82, 2.24) is 19.1 Å². The van der Waals surface area contributed by atoms with Crippen LogP contribution in [0.2, 0.25) is 0 Å². The predicted octanol–water partition coefficient (Wildman–Crippen LogP) is -0.161. The molecular weight excluding hydrogens is 272 g/mol. The largest absolute Gasteiger partial charge is 0.393 e. The second kappa shape index (κ2) is 5.42. The molecule has 1 aliphatic rings. The minimum absolute atomic E-state index is 0.146. The maximum absolute atomic E-state index is 12.3. The van der Waals surface area contributed by atoms with Crippen LogP contribution in [0, 0.1) is 5.92 Å². The number of aromatic nitrogens is 3. The van der Waals surface area contributed by atoms with Crippen molar-refractivity contribution in [3.05, 3.63) is 34.9 Å². The van der Waals surface area contributed by atoms with Crippen LogP contribution in [0.5, 0.6) is 0 Å². The fourth-order valence-electron chi connectivity index (χ4n) is 2.75. The predicted molar refractivity (Wildman–Crippen MR) is 76.3 cm³/mol. The Labute approximate surface area is 121 Å². The highest BCUT2D eigenvalue weighted by Crippen LogP contribution is 2.19. The molecule has 2 atom stereocenters. The van der Waals surface area contributed by atoms with E-state index < -0.39 is 5.69 Å². The van der Waals surface area contributed by atoms with Gasteiger partial charge in [-0.15, -0.1) is 9.78 Å². The molecular formula is C14H18N4O3. The van der Waals surface area contributed by atoms with Crippen LogP contribution in [0.3, 0.4) is 0 Å². The first-order valence-corrected chi connectivity index (χ1v) is 7.06. The van der Waals surface area contributed by atoms with Gasteiger partial charge in [-0.2, -0.15) is 0 Å². The Bertz CT molecular complexity index is 718. The van der Waals surface area contributed by atoms with Gasteiger partial charge in [-0.1, -0.05) is 6.07 Å². The van der Waals surface area contributed by atoms with Crippen LogP contribution >= 0.6 is 0 Å². The zero-order valence-electron chi connectivity index (χ0n) is 11.8. The average Bonchev–Trinajstić information content (AvgIpc) is 3.05. The van der Waals surface area contributed by atoms with Crippen LogP contribution < -0.4 is 5.69 Å². The Morgan fingerprint density at radius 1 is 1.52 bits per heavy atom. The fourth-order valence-corrected chi connectivity index (χ4v) is 2.75. The van der Waals surface area contributed by atoms with E-state index >= 15 is 0 Å². The molecule has 0 bridgehead atoms. The quantitative estimate of drug-likeness (QED) is 0.849. The Hall–Kier alpha value is -1.99. The third-order valence-electron chi connectivity index (χ3n) is 4.01. The summed E-state index contributed by atoms with van der Waals surface area (Å²) in [5, 5.41) is 13.6. The van der Waals surface area contributed by atoms with E-state index in [1.165, 1.54) is 4.40 Å². The molecule has 2 aromatic rings. The second-order valence-corrected chi connectivity index (χ2v) is 5.54. The van der Waals surface area contributed by atoms with Gasteiger partial charge < -0.3 is 5.11 Å². The fraction of sp³-hybridized carbons (Fsp3) is 0.500. The summed E-state index contributed by atoms with van der Waals surface area (Å²) in [5.74, 6) is -0.148. The van der Waals surface area contributed by atoms with Gasteiger partial charge >= 0.3 is 5.69 Å². The van der Waals surface area contributed by atoms with E-state index in [1.54, 1.807) is 31.3 Å². The zero-order valence-corrected chi connectivity index (χ0v) is 11.8. The summed E-state index contributed by atoms with van der Waals surface area (Å²) < 4.78 is 2.27. The SMILES string of the molecule is CC(O)C1CCN(CC(=O)n2nc3ccccn3c2=O)C1. The molecule has 1 saturated heterocycles. The Morgan fingerprint density at radius 2 is 2.33 bits per heavy atom. The van der Waals surface area contributed by atoms with Crippen molar-refractivity contribution < 1.29 is 9.90 Å². The van der Waals surface area contributed by atoms with Crippen molar-refractivity contribution in [2.45, 2.75) is 19.4 Å². The molecule has 21 heavy (non-hydrogen) atoms. The van der Waals surface area contributed by atoms with E-state index in [0.717, 1.165) is 17.6 Å². The van der Waals surface area contributed by atoms with Crippen LogP contribution in [0.25, 0.3) is 5.65 Å². The molecule has 1 fully saturated rings. The molecule has 112 valence electrons. The van der Waals surface area contributed by atoms with E-state index in [9.17, 15) is 14.7 Å². The van der Waals surface area contributed by atoms with Crippen molar-refractivity contribution in [3.8, 4) is 0 Å². The maximum atomic E-state index is 12.3. The van der Waals surface area contributed by atoms with Gasteiger partial charge in [-0.3, -0.25) is 9.69 Å². The number of nitrogens with zero attached hydrogens (tertiary/aromatic N) is 4. The highest BCUT2D eigenvalue weighted by atomic mass is 16.3. The molecule has 0 spiro atoms. The van der Waals surface area contributed by atoms with Gasteiger partial charge in [0.1, 0.15) is 0 Å². The summed E-state index contributed by atoms with van der Waals surface area (Å²) >= 11 is 0. The molecule has 0 amide bonds. The van der Waals surface area contributed by atoms with Crippen LogP contribution in [0.4, 0.5) is 0 Å². The highest BCUT2D eigenvalue weighted by molar-refractivity contribution is 5.80. The van der Waals surface area contributed by atoms with Crippen LogP contribution in [0.1, 0.15) is 18.1 Å². The average molecular weight is 290 g/mol. The number of carbonyl (C=O) groups is 1. The van der Waals surface area contributed by atoms with Crippen LogP contribution in [-0.2, 0) is 0 Å². The first kappa shape index (κ1) is 14.0. The number of carbonyl (C=O) groups excluding carboxylic acids is 1. The van der Waals surface area contributed by atoms with Gasteiger partial charge in [-0.25, -0.2) is 9.20 Å². The van der Waals surface area contributed by atoms with E-state index in [1.807, 2.05) is 4.90 Å². The molecule has 7 heteroatoms. The van der Waals surface area contributed by atoms with Gasteiger partial charge in [0.15, 0.2) is 5.65 Å². The number of pyridine rings is 1. The topological polar surface area (TPSA) is 79.8 Å². The van der Waals surface area contributed by atoms with Gasteiger partial charge in [-0.05, 0) is 37.9 Å². The number of aliphatic hydroxyl groups excluding tert-OH is 1. The number of hydrogen-bond donors (Lipinski definition) is 1. The summed E-state index contributed by atoms with van der Waals surface area (Å²) in [6.45, 7) is 3.34. The molecule has 1 aliphatic heterocycles. The van der Waals surface area contributed by atoms with Crippen molar-refractivity contribution in [3.63, 3.8) is 0 Å². The standard InChI is InChI=1S/C14H18N4O3/c1-10(19)11-5-7-16(8-11)9-13(20)18-14(21)17-6-3-2-4-12(17)15-18/h2-4,6,10-11,19H,5,7-9H2,1H3. The molecule has 0 aromatic carbocycles. The highest BCUT2D eigenvalue weighted by Gasteiger charge is 2.28. The monoisotopic (exact) mass is 290 g/mol. The van der Waals surface area contributed by atoms with E-state index in [0.29, 0.717) is 12.2 Å². The van der Waals surface area contributed by atoms with Gasteiger partial charge in [0.25, 0.3) is 5.91 Å². The molecule has 1 N–H and O–H groups in total. The number of aliphatic hydroxyl groups is 1. The van der Waals surface area contributed by atoms with E-state index in [-0.39, 0.29) is 24.5 Å². The first-order chi connectivity index (χ1) is 10.1. The lowest BCUT2D eigenvalue weighted by atomic mass is 10.0. The molecule has 0 radical (unpaired) electrons.